The standard InChI is InChI=1S/C12H13Cl2NO/c1-2-3-12(16)15-5-4-9-6-10(13)8-11(14)7-9/h2-3,6-8H,4-5H2,1H3,(H,15,16)/b3-2+. The van der Waals surface area contributed by atoms with Gasteiger partial charge in [-0.3, -0.25) is 4.79 Å². The largest absolute Gasteiger partial charge is 0.352 e. The van der Waals surface area contributed by atoms with E-state index < -0.39 is 0 Å². The second kappa shape index (κ2) is 6.56. The van der Waals surface area contributed by atoms with Crippen molar-refractivity contribution in [2.45, 2.75) is 13.3 Å². The molecule has 0 aromatic heterocycles. The number of halogens is 2. The van der Waals surface area contributed by atoms with E-state index in [-0.39, 0.29) is 5.91 Å². The van der Waals surface area contributed by atoms with E-state index in [2.05, 4.69) is 5.32 Å². The van der Waals surface area contributed by atoms with Gasteiger partial charge in [0.15, 0.2) is 0 Å². The van der Waals surface area contributed by atoms with E-state index in [1.54, 1.807) is 19.1 Å². The lowest BCUT2D eigenvalue weighted by Crippen LogP contribution is -2.23. The Balaban J connectivity index is 2.46. The molecule has 0 heterocycles. The number of amides is 1. The predicted molar refractivity (Wildman–Crippen MR) is 68.0 cm³/mol. The number of carbonyl (C=O) groups is 1. The third-order valence-electron chi connectivity index (χ3n) is 1.95. The molecular formula is C12H13Cl2NO. The Labute approximate surface area is 105 Å². The van der Waals surface area contributed by atoms with Gasteiger partial charge < -0.3 is 5.32 Å². The van der Waals surface area contributed by atoms with E-state index in [1.807, 2.05) is 12.1 Å². The molecule has 0 radical (unpaired) electrons. The van der Waals surface area contributed by atoms with Crippen LogP contribution in [0.15, 0.2) is 30.4 Å². The molecule has 0 saturated carbocycles. The summed E-state index contributed by atoms with van der Waals surface area (Å²) in [6, 6.07) is 5.37. The first-order chi connectivity index (χ1) is 7.61. The highest BCUT2D eigenvalue weighted by Crippen LogP contribution is 2.19. The second-order valence-corrected chi connectivity index (χ2v) is 4.19. The van der Waals surface area contributed by atoms with Crippen LogP contribution in [0.2, 0.25) is 10.0 Å². The van der Waals surface area contributed by atoms with Gasteiger partial charge in [-0.1, -0.05) is 29.3 Å². The van der Waals surface area contributed by atoms with Gasteiger partial charge in [-0.25, -0.2) is 0 Å². The van der Waals surface area contributed by atoms with Crippen LogP contribution in [-0.2, 0) is 11.2 Å². The van der Waals surface area contributed by atoms with Crippen LogP contribution >= 0.6 is 23.2 Å². The molecule has 1 N–H and O–H groups in total. The molecule has 2 nitrogen and oxygen atoms in total. The van der Waals surface area contributed by atoms with Crippen molar-refractivity contribution < 1.29 is 4.79 Å². The molecule has 1 aromatic carbocycles. The number of hydrogen-bond donors (Lipinski definition) is 1. The summed E-state index contributed by atoms with van der Waals surface area (Å²) < 4.78 is 0. The van der Waals surface area contributed by atoms with Gasteiger partial charge in [0.25, 0.3) is 0 Å². The quantitative estimate of drug-likeness (QED) is 0.825. The van der Waals surface area contributed by atoms with Crippen LogP contribution in [0.25, 0.3) is 0 Å². The molecule has 0 saturated heterocycles. The van der Waals surface area contributed by atoms with Gasteiger partial charge in [0.1, 0.15) is 0 Å². The Morgan fingerprint density at radius 3 is 2.50 bits per heavy atom. The molecule has 86 valence electrons. The van der Waals surface area contributed by atoms with Crippen molar-refractivity contribution in [2.24, 2.45) is 0 Å². The summed E-state index contributed by atoms with van der Waals surface area (Å²) in [7, 11) is 0. The maximum atomic E-state index is 11.1. The van der Waals surface area contributed by atoms with Gasteiger partial charge >= 0.3 is 0 Å². The average molecular weight is 258 g/mol. The monoisotopic (exact) mass is 257 g/mol. The number of benzene rings is 1. The summed E-state index contributed by atoms with van der Waals surface area (Å²) in [5.41, 5.74) is 1.01. The smallest absolute Gasteiger partial charge is 0.243 e. The molecule has 1 rings (SSSR count). The average Bonchev–Trinajstić information content (AvgIpc) is 2.16. The van der Waals surface area contributed by atoms with Crippen molar-refractivity contribution in [1.29, 1.82) is 0 Å². The third kappa shape index (κ3) is 4.69. The molecule has 0 fully saturated rings. The van der Waals surface area contributed by atoms with Crippen molar-refractivity contribution >= 4 is 29.1 Å². The lowest BCUT2D eigenvalue weighted by atomic mass is 10.1. The Kier molecular flexibility index (Phi) is 5.36. The first-order valence-electron chi connectivity index (χ1n) is 4.97. The molecule has 1 amide bonds. The van der Waals surface area contributed by atoms with Crippen LogP contribution in [0, 0.1) is 0 Å². The van der Waals surface area contributed by atoms with Crippen LogP contribution in [0.3, 0.4) is 0 Å². The highest BCUT2D eigenvalue weighted by atomic mass is 35.5. The van der Waals surface area contributed by atoms with Crippen molar-refractivity contribution in [1.82, 2.24) is 5.32 Å². The van der Waals surface area contributed by atoms with E-state index in [1.165, 1.54) is 6.08 Å². The van der Waals surface area contributed by atoms with E-state index in [0.29, 0.717) is 23.0 Å². The Hall–Kier alpha value is -0.990. The molecule has 16 heavy (non-hydrogen) atoms. The fourth-order valence-electron chi connectivity index (χ4n) is 1.30. The predicted octanol–water partition coefficient (Wildman–Crippen LogP) is 3.23. The minimum Gasteiger partial charge on any atom is -0.352 e. The molecule has 0 aliphatic carbocycles. The summed E-state index contributed by atoms with van der Waals surface area (Å²) in [5, 5.41) is 3.99. The molecule has 0 atom stereocenters. The molecule has 0 unspecified atom stereocenters. The third-order valence-corrected chi connectivity index (χ3v) is 2.39. The van der Waals surface area contributed by atoms with Gasteiger partial charge in [-0.15, -0.1) is 0 Å². The molecular weight excluding hydrogens is 245 g/mol. The molecule has 0 bridgehead atoms. The van der Waals surface area contributed by atoms with Crippen molar-refractivity contribution in [2.75, 3.05) is 6.54 Å². The first-order valence-corrected chi connectivity index (χ1v) is 5.73. The van der Waals surface area contributed by atoms with Gasteiger partial charge in [0.05, 0.1) is 0 Å². The molecule has 0 aliphatic heterocycles. The SMILES string of the molecule is C/C=C/C(=O)NCCc1cc(Cl)cc(Cl)c1. The Bertz CT molecular complexity index is 382. The van der Waals surface area contributed by atoms with Gasteiger partial charge in [-0.05, 0) is 43.2 Å². The summed E-state index contributed by atoms with van der Waals surface area (Å²) in [4.78, 5) is 11.1. The highest BCUT2D eigenvalue weighted by Gasteiger charge is 1.99. The van der Waals surface area contributed by atoms with Gasteiger partial charge in [0.2, 0.25) is 5.91 Å². The lowest BCUT2D eigenvalue weighted by Gasteiger charge is -2.04. The molecule has 4 heteroatoms. The fraction of sp³-hybridized carbons (Fsp3) is 0.250. The number of nitrogens with one attached hydrogen (secondary N) is 1. The van der Waals surface area contributed by atoms with Crippen LogP contribution in [-0.4, -0.2) is 12.5 Å². The van der Waals surface area contributed by atoms with Gasteiger partial charge in [0, 0.05) is 16.6 Å². The zero-order valence-corrected chi connectivity index (χ0v) is 10.5. The second-order valence-electron chi connectivity index (χ2n) is 3.32. The van der Waals surface area contributed by atoms with E-state index in [4.69, 9.17) is 23.2 Å². The zero-order valence-electron chi connectivity index (χ0n) is 8.97. The van der Waals surface area contributed by atoms with Gasteiger partial charge in [-0.2, -0.15) is 0 Å². The fourth-order valence-corrected chi connectivity index (χ4v) is 1.87. The summed E-state index contributed by atoms with van der Waals surface area (Å²) >= 11 is 11.7. The normalized spacial score (nSPS) is 10.7. The summed E-state index contributed by atoms with van der Waals surface area (Å²) in [6.45, 7) is 2.37. The van der Waals surface area contributed by atoms with E-state index in [9.17, 15) is 4.79 Å². The number of carbonyl (C=O) groups excluding carboxylic acids is 1. The van der Waals surface area contributed by atoms with Crippen molar-refractivity contribution in [3.63, 3.8) is 0 Å². The number of hydrogen-bond acceptors (Lipinski definition) is 1. The molecule has 1 aromatic rings. The lowest BCUT2D eigenvalue weighted by molar-refractivity contribution is -0.116. The van der Waals surface area contributed by atoms with Crippen molar-refractivity contribution in [3.05, 3.63) is 46.0 Å². The highest BCUT2D eigenvalue weighted by molar-refractivity contribution is 6.34. The first kappa shape index (κ1) is 13.1. The van der Waals surface area contributed by atoms with Crippen LogP contribution in [0.5, 0.6) is 0 Å². The Morgan fingerprint density at radius 2 is 1.94 bits per heavy atom. The minimum absolute atomic E-state index is 0.0874. The van der Waals surface area contributed by atoms with E-state index >= 15 is 0 Å². The number of allylic oxidation sites excluding steroid dienone is 1. The molecule has 0 aliphatic rings. The minimum atomic E-state index is -0.0874. The Morgan fingerprint density at radius 1 is 1.31 bits per heavy atom. The maximum absolute atomic E-state index is 11.1. The van der Waals surface area contributed by atoms with Crippen LogP contribution in [0.4, 0.5) is 0 Å². The molecule has 0 spiro atoms. The summed E-state index contributed by atoms with van der Waals surface area (Å²) in [6.07, 6.45) is 3.90. The van der Waals surface area contributed by atoms with Crippen LogP contribution < -0.4 is 5.32 Å². The number of rotatable bonds is 4. The van der Waals surface area contributed by atoms with Crippen molar-refractivity contribution in [3.8, 4) is 0 Å². The zero-order chi connectivity index (χ0) is 12.0. The van der Waals surface area contributed by atoms with E-state index in [0.717, 1.165) is 5.56 Å². The topological polar surface area (TPSA) is 29.1 Å². The van der Waals surface area contributed by atoms with Crippen LogP contribution in [0.1, 0.15) is 12.5 Å². The summed E-state index contributed by atoms with van der Waals surface area (Å²) in [5.74, 6) is -0.0874. The maximum Gasteiger partial charge on any atom is 0.243 e.